The molecule has 0 atom stereocenters. The molecule has 2 amide bonds. The highest BCUT2D eigenvalue weighted by Crippen LogP contribution is 2.29. The Morgan fingerprint density at radius 2 is 1.73 bits per heavy atom. The summed E-state index contributed by atoms with van der Waals surface area (Å²) in [6, 6.07) is 17.9. The fourth-order valence-electron chi connectivity index (χ4n) is 3.79. The van der Waals surface area contributed by atoms with E-state index in [2.05, 4.69) is 20.7 Å². The van der Waals surface area contributed by atoms with E-state index in [4.69, 9.17) is 4.74 Å². The lowest BCUT2D eigenvalue weighted by atomic mass is 10.2. The molecular formula is C27H21FN6O3. The zero-order chi connectivity index (χ0) is 25.8. The van der Waals surface area contributed by atoms with Crippen molar-refractivity contribution in [2.24, 2.45) is 0 Å². The first-order valence-corrected chi connectivity index (χ1v) is 11.2. The number of aromatic nitrogens is 4. The molecule has 0 aliphatic carbocycles. The highest BCUT2D eigenvalue weighted by molar-refractivity contribution is 6.07. The van der Waals surface area contributed by atoms with E-state index in [0.717, 1.165) is 0 Å². The Labute approximate surface area is 211 Å². The van der Waals surface area contributed by atoms with Crippen LogP contribution >= 0.6 is 0 Å². The first kappa shape index (κ1) is 23.5. The summed E-state index contributed by atoms with van der Waals surface area (Å²) in [5, 5.41) is 9.89. The molecule has 0 radical (unpaired) electrons. The quantitative estimate of drug-likeness (QED) is 0.340. The van der Waals surface area contributed by atoms with Gasteiger partial charge in [-0.3, -0.25) is 14.6 Å². The monoisotopic (exact) mass is 496 g/mol. The summed E-state index contributed by atoms with van der Waals surface area (Å²) >= 11 is 0. The van der Waals surface area contributed by atoms with E-state index in [0.29, 0.717) is 28.5 Å². The Morgan fingerprint density at radius 3 is 2.46 bits per heavy atom. The van der Waals surface area contributed by atoms with Crippen molar-refractivity contribution in [3.8, 4) is 17.3 Å². The maximum absolute atomic E-state index is 14.6. The van der Waals surface area contributed by atoms with E-state index in [1.807, 2.05) is 0 Å². The standard InChI is InChI=1S/C27H21FN6O3/c1-37-24-15-19(10-11-22(24)32-25(35)18-7-6-12-29-16-18)31-26(36)20-17-30-34(23-9-3-2-8-21(23)28)27(20)33-13-4-5-14-33/h2-17H,1H3,(H,31,36)(H,32,35). The number of hydrogen-bond donors (Lipinski definition) is 2. The zero-order valence-corrected chi connectivity index (χ0v) is 19.6. The summed E-state index contributed by atoms with van der Waals surface area (Å²) in [4.78, 5) is 29.8. The van der Waals surface area contributed by atoms with Crippen molar-refractivity contribution in [3.63, 3.8) is 0 Å². The van der Waals surface area contributed by atoms with Crippen LogP contribution in [0.5, 0.6) is 5.75 Å². The van der Waals surface area contributed by atoms with Crippen LogP contribution in [0.2, 0.25) is 0 Å². The van der Waals surface area contributed by atoms with Crippen LogP contribution in [0.15, 0.2) is 97.7 Å². The summed E-state index contributed by atoms with van der Waals surface area (Å²) in [5.41, 5.74) is 1.69. The normalized spacial score (nSPS) is 10.6. The molecule has 5 rings (SSSR count). The smallest absolute Gasteiger partial charge is 0.261 e. The van der Waals surface area contributed by atoms with Crippen molar-refractivity contribution in [3.05, 3.63) is 115 Å². The summed E-state index contributed by atoms with van der Waals surface area (Å²) in [6.07, 6.45) is 7.91. The molecule has 9 nitrogen and oxygen atoms in total. The van der Waals surface area contributed by atoms with Gasteiger partial charge in [0.15, 0.2) is 5.82 Å². The minimum absolute atomic E-state index is 0.209. The van der Waals surface area contributed by atoms with Crippen LogP contribution in [-0.2, 0) is 0 Å². The Morgan fingerprint density at radius 1 is 0.919 bits per heavy atom. The number of ether oxygens (including phenoxy) is 1. The van der Waals surface area contributed by atoms with Crippen molar-refractivity contribution >= 4 is 23.2 Å². The number of pyridine rings is 1. The first-order chi connectivity index (χ1) is 18.0. The molecule has 2 aromatic carbocycles. The molecule has 10 heteroatoms. The Kier molecular flexibility index (Phi) is 6.45. The molecule has 0 saturated heterocycles. The lowest BCUT2D eigenvalue weighted by Gasteiger charge is -2.14. The largest absolute Gasteiger partial charge is 0.494 e. The molecule has 3 aromatic heterocycles. The van der Waals surface area contributed by atoms with Gasteiger partial charge < -0.3 is 19.9 Å². The number of nitrogens with one attached hydrogen (secondary N) is 2. The van der Waals surface area contributed by atoms with Gasteiger partial charge >= 0.3 is 0 Å². The number of amides is 2. The Hall–Kier alpha value is -5.25. The topological polar surface area (TPSA) is 103 Å². The number of anilines is 2. The molecule has 5 aromatic rings. The number of benzene rings is 2. The van der Waals surface area contributed by atoms with Crippen LogP contribution in [0.4, 0.5) is 15.8 Å². The van der Waals surface area contributed by atoms with Crippen molar-refractivity contribution in [2.75, 3.05) is 17.7 Å². The van der Waals surface area contributed by atoms with Crippen molar-refractivity contribution in [1.82, 2.24) is 19.3 Å². The fourth-order valence-corrected chi connectivity index (χ4v) is 3.79. The Bertz CT molecular complexity index is 1560. The van der Waals surface area contributed by atoms with Gasteiger partial charge in [-0.05, 0) is 48.5 Å². The highest BCUT2D eigenvalue weighted by Gasteiger charge is 2.22. The zero-order valence-electron chi connectivity index (χ0n) is 19.6. The van der Waals surface area contributed by atoms with E-state index < -0.39 is 11.7 Å². The summed E-state index contributed by atoms with van der Waals surface area (Å²) in [6.45, 7) is 0. The van der Waals surface area contributed by atoms with Crippen LogP contribution < -0.4 is 15.4 Å². The predicted molar refractivity (Wildman–Crippen MR) is 136 cm³/mol. The van der Waals surface area contributed by atoms with Gasteiger partial charge in [0.1, 0.15) is 22.8 Å². The lowest BCUT2D eigenvalue weighted by molar-refractivity contribution is 0.101. The number of halogens is 1. The molecule has 0 unspecified atom stereocenters. The number of carbonyl (C=O) groups excluding carboxylic acids is 2. The van der Waals surface area contributed by atoms with Crippen molar-refractivity contribution < 1.29 is 18.7 Å². The van der Waals surface area contributed by atoms with Crippen molar-refractivity contribution in [1.29, 1.82) is 0 Å². The number of methoxy groups -OCH3 is 1. The highest BCUT2D eigenvalue weighted by atomic mass is 19.1. The second kappa shape index (κ2) is 10.2. The number of hydrogen-bond acceptors (Lipinski definition) is 5. The molecule has 2 N–H and O–H groups in total. The second-order valence-electron chi connectivity index (χ2n) is 7.90. The molecule has 37 heavy (non-hydrogen) atoms. The predicted octanol–water partition coefficient (Wildman–Crippen LogP) is 4.71. The maximum Gasteiger partial charge on any atom is 0.261 e. The van der Waals surface area contributed by atoms with Crippen LogP contribution in [0, 0.1) is 5.82 Å². The van der Waals surface area contributed by atoms with Gasteiger partial charge in [0.25, 0.3) is 11.8 Å². The summed E-state index contributed by atoms with van der Waals surface area (Å²) in [5.74, 6) is -0.553. The van der Waals surface area contributed by atoms with E-state index >= 15 is 0 Å². The minimum atomic E-state index is -0.473. The fraction of sp³-hybridized carbons (Fsp3) is 0.0370. The SMILES string of the molecule is COc1cc(NC(=O)c2cnn(-c3ccccc3F)c2-n2cccc2)ccc1NC(=O)c1cccnc1. The third-order valence-electron chi connectivity index (χ3n) is 5.55. The lowest BCUT2D eigenvalue weighted by Crippen LogP contribution is -2.16. The van der Waals surface area contributed by atoms with E-state index in [1.54, 1.807) is 83.8 Å². The number of para-hydroxylation sites is 1. The number of nitrogens with zero attached hydrogens (tertiary/aromatic N) is 4. The van der Waals surface area contributed by atoms with Gasteiger partial charge in [-0.15, -0.1) is 0 Å². The van der Waals surface area contributed by atoms with Gasteiger partial charge in [0.2, 0.25) is 0 Å². The van der Waals surface area contributed by atoms with Crippen molar-refractivity contribution in [2.45, 2.75) is 0 Å². The molecular weight excluding hydrogens is 475 g/mol. The molecule has 0 spiro atoms. The molecule has 0 aliphatic heterocycles. The summed E-state index contributed by atoms with van der Waals surface area (Å²) < 4.78 is 23.0. The molecule has 0 aliphatic rings. The van der Waals surface area contributed by atoms with Gasteiger partial charge in [0.05, 0.1) is 24.6 Å². The van der Waals surface area contributed by atoms with E-state index in [9.17, 15) is 14.0 Å². The molecule has 184 valence electrons. The average Bonchev–Trinajstić information content (AvgIpc) is 3.60. The van der Waals surface area contributed by atoms with Gasteiger partial charge in [-0.25, -0.2) is 9.07 Å². The van der Waals surface area contributed by atoms with Crippen LogP contribution in [0.1, 0.15) is 20.7 Å². The second-order valence-corrected chi connectivity index (χ2v) is 7.90. The number of carbonyl (C=O) groups is 2. The number of rotatable bonds is 7. The maximum atomic E-state index is 14.6. The third-order valence-corrected chi connectivity index (χ3v) is 5.55. The minimum Gasteiger partial charge on any atom is -0.494 e. The van der Waals surface area contributed by atoms with Gasteiger partial charge in [-0.1, -0.05) is 12.1 Å². The van der Waals surface area contributed by atoms with Crippen LogP contribution in [0.25, 0.3) is 11.5 Å². The van der Waals surface area contributed by atoms with E-state index in [1.165, 1.54) is 30.3 Å². The van der Waals surface area contributed by atoms with Crippen LogP contribution in [0.3, 0.4) is 0 Å². The summed E-state index contributed by atoms with van der Waals surface area (Å²) in [7, 11) is 1.46. The van der Waals surface area contributed by atoms with E-state index in [-0.39, 0.29) is 17.2 Å². The molecule has 3 heterocycles. The van der Waals surface area contributed by atoms with Gasteiger partial charge in [-0.2, -0.15) is 5.10 Å². The third kappa shape index (κ3) is 4.80. The molecule has 0 fully saturated rings. The average molecular weight is 497 g/mol. The van der Waals surface area contributed by atoms with Crippen LogP contribution in [-0.4, -0.2) is 38.3 Å². The Balaban J connectivity index is 1.43. The molecule has 0 bridgehead atoms. The van der Waals surface area contributed by atoms with Gasteiger partial charge in [0, 0.05) is 36.5 Å². The molecule has 0 saturated carbocycles. The first-order valence-electron chi connectivity index (χ1n) is 11.2.